The molecule has 0 aromatic heterocycles. The van der Waals surface area contributed by atoms with Crippen LogP contribution in [0, 0.1) is 23.2 Å². The van der Waals surface area contributed by atoms with Gasteiger partial charge in [-0.2, -0.15) is 0 Å². The van der Waals surface area contributed by atoms with E-state index in [1.165, 1.54) is 77.3 Å². The number of carbonyl (C=O) groups is 1. The summed E-state index contributed by atoms with van der Waals surface area (Å²) in [5.74, 6) is 3.63. The number of benzene rings is 1. The molecule has 4 fully saturated rings. The van der Waals surface area contributed by atoms with Gasteiger partial charge in [-0.3, -0.25) is 4.79 Å². The van der Waals surface area contributed by atoms with Crippen LogP contribution in [0.25, 0.3) is 0 Å². The Labute approximate surface area is 247 Å². The van der Waals surface area contributed by atoms with E-state index in [9.17, 15) is 4.79 Å². The number of ether oxygens (including phenoxy) is 2. The van der Waals surface area contributed by atoms with Gasteiger partial charge < -0.3 is 19.7 Å². The van der Waals surface area contributed by atoms with Crippen LogP contribution in [-0.4, -0.2) is 55.3 Å². The molecular formula is C36H52N2O3. The number of nitrogens with one attached hydrogen (secondary N) is 1. The number of amides is 1. The predicted molar refractivity (Wildman–Crippen MR) is 163 cm³/mol. The highest BCUT2D eigenvalue weighted by molar-refractivity contribution is 5.94. The number of carbonyl (C=O) groups excluding carboxylic acids is 1. The Kier molecular flexibility index (Phi) is 8.20. The molecule has 41 heavy (non-hydrogen) atoms. The fraction of sp³-hybridized carbons (Fsp3) is 0.750. The molecule has 4 unspecified atom stereocenters. The van der Waals surface area contributed by atoms with Crippen molar-refractivity contribution in [2.45, 2.75) is 121 Å². The molecule has 1 aromatic carbocycles. The van der Waals surface area contributed by atoms with Crippen LogP contribution >= 0.6 is 0 Å². The third-order valence-corrected chi connectivity index (χ3v) is 12.5. The second-order valence-electron chi connectivity index (χ2n) is 14.5. The summed E-state index contributed by atoms with van der Waals surface area (Å²) in [6.07, 6.45) is 20.0. The van der Waals surface area contributed by atoms with Gasteiger partial charge >= 0.3 is 0 Å². The van der Waals surface area contributed by atoms with Gasteiger partial charge in [-0.1, -0.05) is 24.0 Å². The Balaban J connectivity index is 0.907. The summed E-state index contributed by atoms with van der Waals surface area (Å²) in [6.45, 7) is 6.69. The van der Waals surface area contributed by atoms with Crippen LogP contribution in [0.2, 0.25) is 0 Å². The molecule has 0 radical (unpaired) electrons. The maximum atomic E-state index is 13.1. The third-order valence-electron chi connectivity index (χ3n) is 12.5. The van der Waals surface area contributed by atoms with E-state index in [-0.39, 0.29) is 18.1 Å². The van der Waals surface area contributed by atoms with E-state index in [0.717, 1.165) is 73.2 Å². The van der Waals surface area contributed by atoms with Crippen molar-refractivity contribution in [1.82, 2.24) is 10.2 Å². The van der Waals surface area contributed by atoms with E-state index in [1.807, 2.05) is 24.3 Å². The Morgan fingerprint density at radius 3 is 2.56 bits per heavy atom. The molecule has 1 spiro atoms. The summed E-state index contributed by atoms with van der Waals surface area (Å²) < 4.78 is 11.5. The highest BCUT2D eigenvalue weighted by Crippen LogP contribution is 2.60. The minimum absolute atomic E-state index is 0.0441. The van der Waals surface area contributed by atoms with Gasteiger partial charge in [0.1, 0.15) is 12.4 Å². The lowest BCUT2D eigenvalue weighted by Crippen LogP contribution is -2.43. The highest BCUT2D eigenvalue weighted by atomic mass is 16.5. The van der Waals surface area contributed by atoms with Crippen LogP contribution in [0.15, 0.2) is 35.4 Å². The topological polar surface area (TPSA) is 50.8 Å². The molecule has 7 atom stereocenters. The molecule has 2 saturated carbocycles. The lowest BCUT2D eigenvalue weighted by Gasteiger charge is -2.41. The van der Waals surface area contributed by atoms with E-state index in [1.54, 1.807) is 11.1 Å². The van der Waals surface area contributed by atoms with E-state index in [0.29, 0.717) is 12.6 Å². The predicted octanol–water partition coefficient (Wildman–Crippen LogP) is 7.30. The van der Waals surface area contributed by atoms with Crippen molar-refractivity contribution in [2.24, 2.45) is 23.2 Å². The van der Waals surface area contributed by atoms with Gasteiger partial charge in [0.05, 0.1) is 6.10 Å². The molecule has 1 amide bonds. The Morgan fingerprint density at radius 1 is 0.976 bits per heavy atom. The zero-order chi connectivity index (χ0) is 27.8. The van der Waals surface area contributed by atoms with Crippen LogP contribution < -0.4 is 10.1 Å². The summed E-state index contributed by atoms with van der Waals surface area (Å²) in [6, 6.07) is 8.58. The first-order chi connectivity index (χ1) is 20.1. The molecule has 5 heteroatoms. The first-order valence-corrected chi connectivity index (χ1v) is 17.2. The second kappa shape index (κ2) is 12.0. The molecule has 1 aromatic rings. The van der Waals surface area contributed by atoms with Crippen LogP contribution in [0.4, 0.5) is 0 Å². The number of nitrogens with zero attached hydrogens (tertiary/aromatic N) is 1. The molecule has 224 valence electrons. The van der Waals surface area contributed by atoms with Gasteiger partial charge in [-0.15, -0.1) is 0 Å². The first kappa shape index (κ1) is 28.0. The standard InChI is InChI=1S/C36H52N2O3/c1-25(38-19-16-30-5-2-17-36(30)18-3-6-31(36)23-38)27-8-9-29-22-32(13-10-28(29)21-27)37-35(39)26-11-14-33(15-12-26)41-24-34-7-4-20-40-34/h11-12,14-15,25,27,30-32,34H,2-10,13,16-24H2,1H3,(H,37,39)/t25-,27?,30?,31?,32+,34+,36?/m1/s1. The zero-order valence-corrected chi connectivity index (χ0v) is 25.4. The van der Waals surface area contributed by atoms with E-state index < -0.39 is 0 Å². The minimum Gasteiger partial charge on any atom is -0.491 e. The molecule has 6 aliphatic rings. The largest absolute Gasteiger partial charge is 0.491 e. The normalized spacial score (nSPS) is 36.3. The van der Waals surface area contributed by atoms with Crippen molar-refractivity contribution in [3.8, 4) is 5.75 Å². The monoisotopic (exact) mass is 560 g/mol. The summed E-state index contributed by atoms with van der Waals surface area (Å²) >= 11 is 0. The van der Waals surface area contributed by atoms with Gasteiger partial charge in [0.15, 0.2) is 0 Å². The number of hydrogen-bond donors (Lipinski definition) is 1. The number of hydrogen-bond acceptors (Lipinski definition) is 4. The molecule has 0 bridgehead atoms. The van der Waals surface area contributed by atoms with Crippen molar-refractivity contribution in [1.29, 1.82) is 0 Å². The first-order valence-electron chi connectivity index (χ1n) is 17.2. The van der Waals surface area contributed by atoms with Gasteiger partial charge in [0.2, 0.25) is 0 Å². The number of allylic oxidation sites excluding steroid dienone is 1. The van der Waals surface area contributed by atoms with Gasteiger partial charge in [0, 0.05) is 30.8 Å². The SMILES string of the molecule is C[C@H](C1CCC2=C(CC[C@H](NC(=O)c3ccc(OC[C@@H]4CCCO4)cc3)C2)C1)N1CCC2CCCC23CCCC3C1. The highest BCUT2D eigenvalue weighted by Gasteiger charge is 2.52. The van der Waals surface area contributed by atoms with Crippen molar-refractivity contribution >= 4 is 5.91 Å². The molecule has 5 nitrogen and oxygen atoms in total. The quantitative estimate of drug-likeness (QED) is 0.356. The van der Waals surface area contributed by atoms with Gasteiger partial charge in [0.25, 0.3) is 5.91 Å². The van der Waals surface area contributed by atoms with Crippen molar-refractivity contribution < 1.29 is 14.3 Å². The lowest BCUT2D eigenvalue weighted by molar-refractivity contribution is 0.0679. The fourth-order valence-electron chi connectivity index (χ4n) is 10.1. The molecule has 7 rings (SSSR count). The molecular weight excluding hydrogens is 508 g/mol. The Hall–Kier alpha value is -1.85. The molecule has 1 N–H and O–H groups in total. The van der Waals surface area contributed by atoms with Crippen LogP contribution in [0.1, 0.15) is 114 Å². The van der Waals surface area contributed by atoms with Crippen LogP contribution in [-0.2, 0) is 4.74 Å². The van der Waals surface area contributed by atoms with Crippen molar-refractivity contribution in [3.05, 3.63) is 41.0 Å². The second-order valence-corrected chi connectivity index (χ2v) is 14.5. The van der Waals surface area contributed by atoms with Crippen LogP contribution in [0.5, 0.6) is 5.75 Å². The summed E-state index contributed by atoms with van der Waals surface area (Å²) in [4.78, 5) is 16.0. The number of rotatable bonds is 7. The summed E-state index contributed by atoms with van der Waals surface area (Å²) in [7, 11) is 0. The minimum atomic E-state index is 0.0441. The Morgan fingerprint density at radius 2 is 1.76 bits per heavy atom. The molecule has 2 heterocycles. The van der Waals surface area contributed by atoms with Crippen molar-refractivity contribution in [3.63, 3.8) is 0 Å². The molecule has 2 aliphatic heterocycles. The lowest BCUT2D eigenvalue weighted by atomic mass is 9.69. The number of likely N-dealkylation sites (tertiary alicyclic amines) is 1. The fourth-order valence-corrected chi connectivity index (χ4v) is 10.1. The van der Waals surface area contributed by atoms with Gasteiger partial charge in [-0.05, 0) is 144 Å². The smallest absolute Gasteiger partial charge is 0.251 e. The molecule has 2 saturated heterocycles. The van der Waals surface area contributed by atoms with Crippen molar-refractivity contribution in [2.75, 3.05) is 26.3 Å². The maximum absolute atomic E-state index is 13.1. The maximum Gasteiger partial charge on any atom is 0.251 e. The van der Waals surface area contributed by atoms with E-state index in [2.05, 4.69) is 17.1 Å². The summed E-state index contributed by atoms with van der Waals surface area (Å²) in [5, 5.41) is 3.35. The average Bonchev–Trinajstić information content (AvgIpc) is 3.75. The third kappa shape index (κ3) is 5.75. The van der Waals surface area contributed by atoms with Crippen LogP contribution in [0.3, 0.4) is 0 Å². The average molecular weight is 561 g/mol. The molecule has 4 aliphatic carbocycles. The van der Waals surface area contributed by atoms with Gasteiger partial charge in [-0.25, -0.2) is 0 Å². The Bertz CT molecular complexity index is 1100. The van der Waals surface area contributed by atoms with E-state index >= 15 is 0 Å². The van der Waals surface area contributed by atoms with E-state index in [4.69, 9.17) is 9.47 Å². The zero-order valence-electron chi connectivity index (χ0n) is 25.4. The summed E-state index contributed by atoms with van der Waals surface area (Å²) in [5.41, 5.74) is 4.83.